The van der Waals surface area contributed by atoms with Crippen molar-refractivity contribution >= 4 is 43.9 Å². The van der Waals surface area contributed by atoms with Crippen molar-refractivity contribution < 1.29 is 9.53 Å². The number of alkyl carbamates (subject to hydrolysis) is 1. The number of hydrogen-bond acceptors (Lipinski definition) is 4. The molecular formula is C11H11Br2N3O2. The van der Waals surface area contributed by atoms with Crippen LogP contribution in [0, 0.1) is 0 Å². The normalized spacial score (nSPS) is 17.9. The molecule has 2 N–H and O–H groups in total. The van der Waals surface area contributed by atoms with Gasteiger partial charge in [-0.2, -0.15) is 0 Å². The Hall–Kier alpha value is -1.08. The quantitative estimate of drug-likeness (QED) is 0.791. The van der Waals surface area contributed by atoms with Crippen LogP contribution in [0.2, 0.25) is 0 Å². The summed E-state index contributed by atoms with van der Waals surface area (Å²) in [5, 5.41) is 5.64. The van der Waals surface area contributed by atoms with Crippen molar-refractivity contribution in [3.05, 3.63) is 32.7 Å². The molecule has 1 atom stereocenters. The minimum Gasteiger partial charge on any atom is -0.453 e. The highest BCUT2D eigenvalue weighted by molar-refractivity contribution is 9.11. The number of halogens is 2. The van der Waals surface area contributed by atoms with Crippen molar-refractivity contribution in [2.24, 2.45) is 4.99 Å². The molecule has 1 aliphatic rings. The number of ether oxygens (including phenoxy) is 1. The number of carbonyl (C=O) groups is 1. The summed E-state index contributed by atoms with van der Waals surface area (Å²) in [6.07, 6.45) is -0.530. The molecule has 5 nitrogen and oxygen atoms in total. The van der Waals surface area contributed by atoms with Crippen LogP contribution >= 0.6 is 31.9 Å². The van der Waals surface area contributed by atoms with Crippen molar-refractivity contribution in [2.75, 3.05) is 13.7 Å². The average molecular weight is 377 g/mol. The van der Waals surface area contributed by atoms with Crippen LogP contribution in [0.25, 0.3) is 0 Å². The maximum Gasteiger partial charge on any atom is 0.413 e. The maximum atomic E-state index is 11.1. The predicted octanol–water partition coefficient (Wildman–Crippen LogP) is 2.57. The molecule has 0 aliphatic carbocycles. The van der Waals surface area contributed by atoms with Gasteiger partial charge >= 0.3 is 6.09 Å². The summed E-state index contributed by atoms with van der Waals surface area (Å²) in [6, 6.07) is 6.04. The molecule has 1 heterocycles. The standard InChI is InChI=1S/C11H11Br2N3O2/c1-18-11(17)16-10-14-5-9(15-10)6-2-7(12)4-8(13)3-6/h2-4,9H,5H2,1H3,(H2,14,15,16,17). The van der Waals surface area contributed by atoms with Gasteiger partial charge in [-0.15, -0.1) is 0 Å². The van der Waals surface area contributed by atoms with Crippen LogP contribution in [-0.4, -0.2) is 25.7 Å². The van der Waals surface area contributed by atoms with Crippen molar-refractivity contribution in [2.45, 2.75) is 6.04 Å². The first kappa shape index (κ1) is 13.4. The zero-order chi connectivity index (χ0) is 13.1. The van der Waals surface area contributed by atoms with Gasteiger partial charge in [-0.05, 0) is 23.8 Å². The second-order valence-corrected chi connectivity index (χ2v) is 5.54. The molecule has 0 aromatic heterocycles. The molecule has 18 heavy (non-hydrogen) atoms. The number of methoxy groups -OCH3 is 1. The summed E-state index contributed by atoms with van der Waals surface area (Å²) in [6.45, 7) is 0.572. The number of nitrogens with one attached hydrogen (secondary N) is 2. The molecule has 1 aromatic carbocycles. The Balaban J connectivity index is 2.04. The molecule has 0 spiro atoms. The Morgan fingerprint density at radius 2 is 2.11 bits per heavy atom. The number of amides is 1. The highest BCUT2D eigenvalue weighted by Gasteiger charge is 2.21. The molecule has 7 heteroatoms. The Morgan fingerprint density at radius 1 is 1.44 bits per heavy atom. The third-order valence-corrected chi connectivity index (χ3v) is 3.35. The van der Waals surface area contributed by atoms with E-state index in [2.05, 4.69) is 52.2 Å². The Morgan fingerprint density at radius 3 is 2.72 bits per heavy atom. The number of rotatable bonds is 1. The second kappa shape index (κ2) is 5.71. The van der Waals surface area contributed by atoms with Gasteiger partial charge in [0.1, 0.15) is 0 Å². The summed E-state index contributed by atoms with van der Waals surface area (Å²) in [4.78, 5) is 15.3. The van der Waals surface area contributed by atoms with Crippen molar-refractivity contribution in [1.82, 2.24) is 10.6 Å². The molecule has 96 valence electrons. The van der Waals surface area contributed by atoms with Crippen molar-refractivity contribution in [3.8, 4) is 0 Å². The molecule has 1 aliphatic heterocycles. The van der Waals surface area contributed by atoms with E-state index in [9.17, 15) is 4.79 Å². The van der Waals surface area contributed by atoms with Gasteiger partial charge in [0, 0.05) is 8.95 Å². The monoisotopic (exact) mass is 375 g/mol. The molecule has 0 fully saturated rings. The maximum absolute atomic E-state index is 11.1. The van der Waals surface area contributed by atoms with Gasteiger partial charge in [-0.3, -0.25) is 10.3 Å². The van der Waals surface area contributed by atoms with Crippen LogP contribution in [0.4, 0.5) is 4.79 Å². The highest BCUT2D eigenvalue weighted by Crippen LogP contribution is 2.25. The SMILES string of the molecule is COC(=O)NC1=NCC(c2cc(Br)cc(Br)c2)N1. The van der Waals surface area contributed by atoms with E-state index in [0.717, 1.165) is 14.5 Å². The number of hydrogen-bond donors (Lipinski definition) is 2. The van der Waals surface area contributed by atoms with Gasteiger partial charge in [-0.25, -0.2) is 4.79 Å². The highest BCUT2D eigenvalue weighted by atomic mass is 79.9. The lowest BCUT2D eigenvalue weighted by atomic mass is 10.1. The third kappa shape index (κ3) is 3.23. The number of nitrogens with zero attached hydrogens (tertiary/aromatic N) is 1. The fourth-order valence-electron chi connectivity index (χ4n) is 1.63. The van der Waals surface area contributed by atoms with E-state index in [-0.39, 0.29) is 6.04 Å². The van der Waals surface area contributed by atoms with Crippen molar-refractivity contribution in [1.29, 1.82) is 0 Å². The van der Waals surface area contributed by atoms with Gasteiger partial charge < -0.3 is 10.1 Å². The minimum atomic E-state index is -0.530. The van der Waals surface area contributed by atoms with Crippen LogP contribution in [0.15, 0.2) is 32.1 Å². The predicted molar refractivity (Wildman–Crippen MR) is 75.6 cm³/mol. The smallest absolute Gasteiger partial charge is 0.413 e. The van der Waals surface area contributed by atoms with E-state index >= 15 is 0 Å². The number of guanidine groups is 1. The van der Waals surface area contributed by atoms with E-state index < -0.39 is 6.09 Å². The summed E-state index contributed by atoms with van der Waals surface area (Å²) in [5.74, 6) is 0.433. The zero-order valence-corrected chi connectivity index (χ0v) is 12.7. The first-order valence-corrected chi connectivity index (χ1v) is 6.79. The molecule has 0 bridgehead atoms. The molecule has 0 radical (unpaired) electrons. The van der Waals surface area contributed by atoms with E-state index in [1.165, 1.54) is 7.11 Å². The largest absolute Gasteiger partial charge is 0.453 e. The number of benzene rings is 1. The average Bonchev–Trinajstić information content (AvgIpc) is 2.76. The van der Waals surface area contributed by atoms with Crippen LogP contribution in [0.1, 0.15) is 11.6 Å². The lowest BCUT2D eigenvalue weighted by molar-refractivity contribution is 0.176. The van der Waals surface area contributed by atoms with E-state index in [1.54, 1.807) is 0 Å². The molecule has 1 unspecified atom stereocenters. The zero-order valence-electron chi connectivity index (χ0n) is 9.54. The molecule has 2 rings (SSSR count). The lowest BCUT2D eigenvalue weighted by Gasteiger charge is -2.13. The molecule has 1 aromatic rings. The van der Waals surface area contributed by atoms with Gasteiger partial charge in [0.25, 0.3) is 0 Å². The summed E-state index contributed by atoms with van der Waals surface area (Å²) >= 11 is 6.88. The number of carbonyl (C=O) groups excluding carboxylic acids is 1. The van der Waals surface area contributed by atoms with E-state index in [1.807, 2.05) is 18.2 Å². The Bertz CT molecular complexity index is 485. The van der Waals surface area contributed by atoms with Crippen LogP contribution in [0.3, 0.4) is 0 Å². The van der Waals surface area contributed by atoms with Gasteiger partial charge in [0.05, 0.1) is 19.7 Å². The first-order valence-electron chi connectivity index (χ1n) is 5.20. The second-order valence-electron chi connectivity index (χ2n) is 3.71. The lowest BCUT2D eigenvalue weighted by Crippen LogP contribution is -2.39. The van der Waals surface area contributed by atoms with Gasteiger partial charge in [0.2, 0.25) is 5.96 Å². The molecule has 0 saturated heterocycles. The van der Waals surface area contributed by atoms with Crippen LogP contribution in [0.5, 0.6) is 0 Å². The topological polar surface area (TPSA) is 62.7 Å². The molecule has 0 saturated carbocycles. The van der Waals surface area contributed by atoms with E-state index in [0.29, 0.717) is 12.5 Å². The minimum absolute atomic E-state index is 0.0472. The summed E-state index contributed by atoms with van der Waals surface area (Å²) in [5.41, 5.74) is 1.08. The summed E-state index contributed by atoms with van der Waals surface area (Å²) < 4.78 is 6.48. The van der Waals surface area contributed by atoms with Crippen LogP contribution in [-0.2, 0) is 4.74 Å². The van der Waals surface area contributed by atoms with E-state index in [4.69, 9.17) is 0 Å². The number of aliphatic imine (C=N–C) groups is 1. The Kier molecular flexibility index (Phi) is 4.23. The first-order chi connectivity index (χ1) is 8.58. The van der Waals surface area contributed by atoms with Gasteiger partial charge in [0.15, 0.2) is 0 Å². The van der Waals surface area contributed by atoms with Gasteiger partial charge in [-0.1, -0.05) is 31.9 Å². The van der Waals surface area contributed by atoms with Crippen LogP contribution < -0.4 is 10.6 Å². The fraction of sp³-hybridized carbons (Fsp3) is 0.273. The summed E-state index contributed by atoms with van der Waals surface area (Å²) in [7, 11) is 1.31. The Labute approximate surface area is 121 Å². The molecule has 1 amide bonds. The van der Waals surface area contributed by atoms with Crippen molar-refractivity contribution in [3.63, 3.8) is 0 Å². The fourth-order valence-corrected chi connectivity index (χ4v) is 2.96. The molecular weight excluding hydrogens is 366 g/mol. The third-order valence-electron chi connectivity index (χ3n) is 2.44.